The average Bonchev–Trinajstić information content (AvgIpc) is 2.64. The molecule has 0 spiro atoms. The van der Waals surface area contributed by atoms with Crippen LogP contribution < -0.4 is 0 Å². The third-order valence-electron chi connectivity index (χ3n) is 2.28. The molecule has 0 amide bonds. The van der Waals surface area contributed by atoms with Gasteiger partial charge in [-0.15, -0.1) is 9.30 Å². The summed E-state index contributed by atoms with van der Waals surface area (Å²) in [6.07, 6.45) is 1.67. The van der Waals surface area contributed by atoms with Crippen LogP contribution in [0.25, 0.3) is 11.0 Å². The van der Waals surface area contributed by atoms with Gasteiger partial charge in [0, 0.05) is 17.3 Å². The van der Waals surface area contributed by atoms with E-state index in [1.165, 1.54) is 0 Å². The van der Waals surface area contributed by atoms with Crippen molar-refractivity contribution in [2.45, 2.75) is 19.8 Å². The molecule has 0 saturated heterocycles. The van der Waals surface area contributed by atoms with Gasteiger partial charge < -0.3 is 0 Å². The summed E-state index contributed by atoms with van der Waals surface area (Å²) >= 11 is 24.0. The Labute approximate surface area is 112 Å². The third-order valence-corrected chi connectivity index (χ3v) is 3.87. The van der Waals surface area contributed by atoms with Crippen molar-refractivity contribution in [1.29, 1.82) is 0 Å². The van der Waals surface area contributed by atoms with Crippen LogP contribution in [0.3, 0.4) is 0 Å². The zero-order chi connectivity index (χ0) is 11.9. The van der Waals surface area contributed by atoms with E-state index in [-0.39, 0.29) is 5.02 Å². The number of aryl methyl sites for hydroxylation is 1. The first-order chi connectivity index (χ1) is 7.57. The SMILES string of the molecule is CCCc1c(Cl)c(Cl)c(Cl)c2c1nnn2Cl. The number of rotatable bonds is 2. The average molecular weight is 299 g/mol. The van der Waals surface area contributed by atoms with E-state index in [4.69, 9.17) is 46.6 Å². The molecule has 0 saturated carbocycles. The van der Waals surface area contributed by atoms with E-state index in [2.05, 4.69) is 10.3 Å². The van der Waals surface area contributed by atoms with Crippen LogP contribution in [0.15, 0.2) is 0 Å². The monoisotopic (exact) mass is 297 g/mol. The van der Waals surface area contributed by atoms with Crippen LogP contribution in [0.5, 0.6) is 0 Å². The minimum absolute atomic E-state index is 0.279. The molecule has 1 aromatic heterocycles. The first-order valence-corrected chi connectivity index (χ1v) is 6.12. The number of aromatic nitrogens is 3. The van der Waals surface area contributed by atoms with Crippen molar-refractivity contribution in [3.8, 4) is 0 Å². The number of fused-ring (bicyclic) bond motifs is 1. The Morgan fingerprint density at radius 3 is 2.44 bits per heavy atom. The summed E-state index contributed by atoms with van der Waals surface area (Å²) in [5.74, 6) is 0. The Morgan fingerprint density at radius 1 is 1.12 bits per heavy atom. The standard InChI is InChI=1S/C9H7Cl4N3/c1-2-3-4-5(10)6(11)7(12)9-8(4)14-15-16(9)13/h2-3H2,1H3. The van der Waals surface area contributed by atoms with Crippen LogP contribution in [-0.2, 0) is 6.42 Å². The maximum absolute atomic E-state index is 6.13. The lowest BCUT2D eigenvalue weighted by Gasteiger charge is -2.07. The lowest BCUT2D eigenvalue weighted by Crippen LogP contribution is -1.91. The van der Waals surface area contributed by atoms with E-state index < -0.39 is 0 Å². The number of hydrogen-bond acceptors (Lipinski definition) is 2. The lowest BCUT2D eigenvalue weighted by molar-refractivity contribution is 0.892. The van der Waals surface area contributed by atoms with Crippen molar-refractivity contribution in [1.82, 2.24) is 14.5 Å². The molecule has 16 heavy (non-hydrogen) atoms. The largest absolute Gasteiger partial charge is 0.150 e. The van der Waals surface area contributed by atoms with Gasteiger partial charge >= 0.3 is 0 Å². The van der Waals surface area contributed by atoms with Crippen LogP contribution in [-0.4, -0.2) is 14.5 Å². The Hall–Kier alpha value is -0.220. The molecule has 3 nitrogen and oxygen atoms in total. The molecule has 2 rings (SSSR count). The van der Waals surface area contributed by atoms with Gasteiger partial charge in [0.25, 0.3) is 0 Å². The maximum atomic E-state index is 6.13. The van der Waals surface area contributed by atoms with Gasteiger partial charge in [0.05, 0.1) is 15.1 Å². The normalized spacial score (nSPS) is 11.3. The maximum Gasteiger partial charge on any atom is 0.128 e. The van der Waals surface area contributed by atoms with Crippen molar-refractivity contribution in [3.63, 3.8) is 0 Å². The minimum Gasteiger partial charge on any atom is -0.150 e. The highest BCUT2D eigenvalue weighted by Crippen LogP contribution is 2.40. The summed E-state index contributed by atoms with van der Waals surface area (Å²) < 4.78 is 1.08. The van der Waals surface area contributed by atoms with Gasteiger partial charge in [-0.1, -0.05) is 48.1 Å². The Bertz CT molecular complexity index is 549. The van der Waals surface area contributed by atoms with Gasteiger partial charge in [-0.25, -0.2) is 0 Å². The molecule has 0 bridgehead atoms. The van der Waals surface area contributed by atoms with Crippen LogP contribution >= 0.6 is 46.6 Å². The second kappa shape index (κ2) is 4.57. The van der Waals surface area contributed by atoms with Gasteiger partial charge in [-0.2, -0.15) is 0 Å². The summed E-state index contributed by atoms with van der Waals surface area (Å²) in [5.41, 5.74) is 1.94. The smallest absolute Gasteiger partial charge is 0.128 e. The Kier molecular flexibility index (Phi) is 3.50. The van der Waals surface area contributed by atoms with E-state index in [0.717, 1.165) is 22.6 Å². The first kappa shape index (κ1) is 12.2. The summed E-state index contributed by atoms with van der Waals surface area (Å²) in [6.45, 7) is 2.04. The lowest BCUT2D eigenvalue weighted by atomic mass is 10.1. The molecule has 0 aliphatic heterocycles. The summed E-state index contributed by atoms with van der Waals surface area (Å²) in [4.78, 5) is 0. The van der Waals surface area contributed by atoms with Crippen molar-refractivity contribution in [3.05, 3.63) is 20.6 Å². The van der Waals surface area contributed by atoms with Gasteiger partial charge in [-0.3, -0.25) is 0 Å². The fourth-order valence-electron chi connectivity index (χ4n) is 1.57. The van der Waals surface area contributed by atoms with Crippen LogP contribution in [0.1, 0.15) is 18.9 Å². The van der Waals surface area contributed by atoms with Gasteiger partial charge in [0.2, 0.25) is 0 Å². The number of benzene rings is 1. The molecule has 7 heteroatoms. The van der Waals surface area contributed by atoms with Crippen molar-refractivity contribution in [2.75, 3.05) is 0 Å². The molecule has 0 aliphatic carbocycles. The van der Waals surface area contributed by atoms with Crippen molar-refractivity contribution >= 4 is 57.6 Å². The number of nitrogens with zero attached hydrogens (tertiary/aromatic N) is 3. The van der Waals surface area contributed by atoms with E-state index in [1.807, 2.05) is 6.92 Å². The predicted octanol–water partition coefficient (Wildman–Crippen LogP) is 4.35. The first-order valence-electron chi connectivity index (χ1n) is 4.64. The van der Waals surface area contributed by atoms with E-state index in [9.17, 15) is 0 Å². The molecule has 0 aliphatic rings. The Balaban J connectivity index is 2.88. The molecule has 0 N–H and O–H groups in total. The number of hydrogen-bond donors (Lipinski definition) is 0. The molecule has 1 aromatic carbocycles. The quantitative estimate of drug-likeness (QED) is 0.772. The van der Waals surface area contributed by atoms with E-state index in [1.54, 1.807) is 0 Å². The topological polar surface area (TPSA) is 30.7 Å². The zero-order valence-corrected chi connectivity index (χ0v) is 11.3. The molecular formula is C9H7Cl4N3. The van der Waals surface area contributed by atoms with Gasteiger partial charge in [0.1, 0.15) is 11.0 Å². The molecule has 0 atom stereocenters. The molecule has 86 valence electrons. The van der Waals surface area contributed by atoms with Crippen LogP contribution in [0, 0.1) is 0 Å². The fourth-order valence-corrected chi connectivity index (χ4v) is 2.60. The molecule has 2 aromatic rings. The third kappa shape index (κ3) is 1.76. The summed E-state index contributed by atoms with van der Waals surface area (Å²) in [7, 11) is 0. The summed E-state index contributed by atoms with van der Waals surface area (Å²) in [5, 5.41) is 8.67. The summed E-state index contributed by atoms with van der Waals surface area (Å²) in [6, 6.07) is 0. The molecular weight excluding hydrogens is 292 g/mol. The van der Waals surface area contributed by atoms with Crippen molar-refractivity contribution in [2.24, 2.45) is 0 Å². The highest BCUT2D eigenvalue weighted by atomic mass is 35.5. The Morgan fingerprint density at radius 2 is 1.81 bits per heavy atom. The zero-order valence-electron chi connectivity index (χ0n) is 8.27. The highest BCUT2D eigenvalue weighted by molar-refractivity contribution is 6.51. The predicted molar refractivity (Wildman–Crippen MR) is 67.8 cm³/mol. The van der Waals surface area contributed by atoms with Gasteiger partial charge in [0.15, 0.2) is 0 Å². The second-order valence-electron chi connectivity index (χ2n) is 3.32. The molecule has 0 fully saturated rings. The van der Waals surface area contributed by atoms with Gasteiger partial charge in [-0.05, 0) is 11.6 Å². The van der Waals surface area contributed by atoms with E-state index in [0.29, 0.717) is 21.1 Å². The highest BCUT2D eigenvalue weighted by Gasteiger charge is 2.20. The second-order valence-corrected chi connectivity index (χ2v) is 4.77. The minimum atomic E-state index is 0.279. The van der Waals surface area contributed by atoms with Crippen molar-refractivity contribution < 1.29 is 0 Å². The fraction of sp³-hybridized carbons (Fsp3) is 0.333. The number of halogens is 4. The molecule has 1 heterocycles. The molecule has 0 radical (unpaired) electrons. The van der Waals surface area contributed by atoms with E-state index >= 15 is 0 Å². The van der Waals surface area contributed by atoms with Crippen LogP contribution in [0.4, 0.5) is 0 Å². The molecule has 0 unspecified atom stereocenters. The van der Waals surface area contributed by atoms with Crippen LogP contribution in [0.2, 0.25) is 15.1 Å².